The molecule has 0 fully saturated rings. The zero-order valence-electron chi connectivity index (χ0n) is 10.2. The van der Waals surface area contributed by atoms with Crippen LogP contribution in [0.2, 0.25) is 0 Å². The van der Waals surface area contributed by atoms with Crippen molar-refractivity contribution in [3.8, 4) is 0 Å². The molecule has 0 aliphatic rings. The highest BCUT2D eigenvalue weighted by molar-refractivity contribution is 7.17. The van der Waals surface area contributed by atoms with Gasteiger partial charge in [-0.2, -0.15) is 0 Å². The Kier molecular flexibility index (Phi) is 3.89. The van der Waals surface area contributed by atoms with Crippen molar-refractivity contribution in [1.82, 2.24) is 4.98 Å². The van der Waals surface area contributed by atoms with Gasteiger partial charge in [0.2, 0.25) is 0 Å². The van der Waals surface area contributed by atoms with Crippen molar-refractivity contribution in [2.24, 2.45) is 5.41 Å². The highest BCUT2D eigenvalue weighted by Crippen LogP contribution is 2.27. The minimum absolute atomic E-state index is 0.196. The van der Waals surface area contributed by atoms with Crippen molar-refractivity contribution < 1.29 is 0 Å². The lowest BCUT2D eigenvalue weighted by molar-refractivity contribution is 0.379. The molecule has 0 radical (unpaired) electrons. The van der Waals surface area contributed by atoms with Gasteiger partial charge in [-0.05, 0) is 29.3 Å². The Morgan fingerprint density at radius 2 is 2.24 bits per heavy atom. The lowest BCUT2D eigenvalue weighted by Crippen LogP contribution is -2.23. The Morgan fingerprint density at radius 1 is 1.41 bits per heavy atom. The Morgan fingerprint density at radius 3 is 3.00 bits per heavy atom. The molecule has 0 aliphatic carbocycles. The molecular formula is C13H17ClN2S. The summed E-state index contributed by atoms with van der Waals surface area (Å²) >= 11 is 7.55. The van der Waals surface area contributed by atoms with E-state index in [1.54, 1.807) is 11.3 Å². The summed E-state index contributed by atoms with van der Waals surface area (Å²) in [6, 6.07) is 4.17. The third-order valence-corrected chi connectivity index (χ3v) is 3.96. The van der Waals surface area contributed by atoms with E-state index in [1.807, 2.05) is 6.20 Å². The zero-order chi connectivity index (χ0) is 12.3. The molecule has 92 valence electrons. The third kappa shape index (κ3) is 3.11. The molecule has 0 saturated carbocycles. The maximum Gasteiger partial charge on any atom is 0.134 e. The number of pyridine rings is 1. The molecule has 0 saturated heterocycles. The minimum Gasteiger partial charge on any atom is -0.369 e. The molecule has 0 amide bonds. The molecule has 2 nitrogen and oxygen atoms in total. The van der Waals surface area contributed by atoms with Gasteiger partial charge in [-0.25, -0.2) is 4.98 Å². The van der Waals surface area contributed by atoms with Gasteiger partial charge in [0, 0.05) is 28.7 Å². The first-order chi connectivity index (χ1) is 8.12. The zero-order valence-corrected chi connectivity index (χ0v) is 11.7. The van der Waals surface area contributed by atoms with Crippen LogP contribution in [0.15, 0.2) is 23.7 Å². The minimum atomic E-state index is 0.196. The number of nitrogens with zero attached hydrogens (tertiary/aromatic N) is 1. The van der Waals surface area contributed by atoms with Gasteiger partial charge in [0.05, 0.1) is 0 Å². The number of rotatable bonds is 5. The maximum absolute atomic E-state index is 5.80. The fourth-order valence-corrected chi connectivity index (χ4v) is 3.00. The van der Waals surface area contributed by atoms with Gasteiger partial charge < -0.3 is 5.32 Å². The number of nitrogens with one attached hydrogen (secondary N) is 1. The van der Waals surface area contributed by atoms with Crippen LogP contribution in [0.4, 0.5) is 5.82 Å². The summed E-state index contributed by atoms with van der Waals surface area (Å²) in [5, 5.41) is 6.74. The van der Waals surface area contributed by atoms with Crippen molar-refractivity contribution in [2.45, 2.75) is 20.3 Å². The van der Waals surface area contributed by atoms with E-state index in [9.17, 15) is 0 Å². The number of thiophene rings is 1. The molecule has 0 unspecified atom stereocenters. The lowest BCUT2D eigenvalue weighted by atomic mass is 9.90. The first-order valence-corrected chi connectivity index (χ1v) is 7.16. The molecule has 4 heteroatoms. The van der Waals surface area contributed by atoms with Crippen LogP contribution in [0.1, 0.15) is 20.3 Å². The first-order valence-electron chi connectivity index (χ1n) is 5.74. The van der Waals surface area contributed by atoms with Crippen molar-refractivity contribution >= 4 is 38.8 Å². The normalized spacial score (nSPS) is 11.9. The highest BCUT2D eigenvalue weighted by atomic mass is 35.5. The number of halogens is 1. The average molecular weight is 269 g/mol. The fraction of sp³-hybridized carbons (Fsp3) is 0.462. The molecule has 0 bridgehead atoms. The Bertz CT molecular complexity index is 493. The largest absolute Gasteiger partial charge is 0.369 e. The average Bonchev–Trinajstić information content (AvgIpc) is 2.74. The highest BCUT2D eigenvalue weighted by Gasteiger charge is 2.17. The second kappa shape index (κ2) is 5.23. The monoisotopic (exact) mass is 268 g/mol. The number of fused-ring (bicyclic) bond motifs is 1. The van der Waals surface area contributed by atoms with Crippen LogP contribution in [-0.4, -0.2) is 17.4 Å². The summed E-state index contributed by atoms with van der Waals surface area (Å²) in [4.78, 5) is 4.40. The number of hydrogen-bond donors (Lipinski definition) is 1. The second-order valence-corrected chi connectivity index (χ2v) is 6.27. The summed E-state index contributed by atoms with van der Waals surface area (Å²) in [6.07, 6.45) is 2.86. The van der Waals surface area contributed by atoms with E-state index >= 15 is 0 Å². The topological polar surface area (TPSA) is 24.9 Å². The standard InChI is InChI=1S/C13H17ClN2S/c1-13(2,5-6-14)9-16-12-10-4-8-17-11(10)3-7-15-12/h3-4,7-8H,5-6,9H2,1-2H3,(H,15,16). The summed E-state index contributed by atoms with van der Waals surface area (Å²) in [7, 11) is 0. The molecule has 1 N–H and O–H groups in total. The second-order valence-electron chi connectivity index (χ2n) is 4.95. The van der Waals surface area contributed by atoms with Gasteiger partial charge in [0.25, 0.3) is 0 Å². The lowest BCUT2D eigenvalue weighted by Gasteiger charge is -2.24. The Labute approximate surface area is 111 Å². The predicted octanol–water partition coefficient (Wildman–Crippen LogP) is 4.36. The number of aromatic nitrogens is 1. The van der Waals surface area contributed by atoms with Crippen LogP contribution in [0.3, 0.4) is 0 Å². The van der Waals surface area contributed by atoms with E-state index in [1.165, 1.54) is 10.1 Å². The van der Waals surface area contributed by atoms with Gasteiger partial charge in [0.15, 0.2) is 0 Å². The third-order valence-electron chi connectivity index (χ3n) is 2.89. The number of hydrogen-bond acceptors (Lipinski definition) is 3. The number of anilines is 1. The van der Waals surface area contributed by atoms with E-state index < -0.39 is 0 Å². The van der Waals surface area contributed by atoms with Crippen LogP contribution < -0.4 is 5.32 Å². The van der Waals surface area contributed by atoms with E-state index in [0.29, 0.717) is 5.88 Å². The van der Waals surface area contributed by atoms with Crippen LogP contribution in [0, 0.1) is 5.41 Å². The van der Waals surface area contributed by atoms with Gasteiger partial charge in [-0.1, -0.05) is 13.8 Å². The van der Waals surface area contributed by atoms with Gasteiger partial charge >= 0.3 is 0 Å². The summed E-state index contributed by atoms with van der Waals surface area (Å²) in [5.41, 5.74) is 0.196. The maximum atomic E-state index is 5.80. The summed E-state index contributed by atoms with van der Waals surface area (Å²) < 4.78 is 1.28. The van der Waals surface area contributed by atoms with Gasteiger partial charge in [-0.3, -0.25) is 0 Å². The predicted molar refractivity (Wildman–Crippen MR) is 77.2 cm³/mol. The van der Waals surface area contributed by atoms with E-state index in [4.69, 9.17) is 11.6 Å². The molecule has 17 heavy (non-hydrogen) atoms. The van der Waals surface area contributed by atoms with Crippen molar-refractivity contribution in [2.75, 3.05) is 17.7 Å². The first kappa shape index (κ1) is 12.7. The van der Waals surface area contributed by atoms with Crippen LogP contribution in [0.25, 0.3) is 10.1 Å². The van der Waals surface area contributed by atoms with E-state index in [-0.39, 0.29) is 5.41 Å². The molecule has 0 spiro atoms. The smallest absolute Gasteiger partial charge is 0.134 e. The van der Waals surface area contributed by atoms with Crippen molar-refractivity contribution in [3.05, 3.63) is 23.7 Å². The van der Waals surface area contributed by atoms with Gasteiger partial charge in [-0.15, -0.1) is 22.9 Å². The van der Waals surface area contributed by atoms with E-state index in [0.717, 1.165) is 18.8 Å². The van der Waals surface area contributed by atoms with Crippen molar-refractivity contribution in [1.29, 1.82) is 0 Å². The number of alkyl halides is 1. The molecule has 2 aromatic rings. The molecule has 0 aromatic carbocycles. The molecule has 2 heterocycles. The van der Waals surface area contributed by atoms with Crippen LogP contribution >= 0.6 is 22.9 Å². The molecule has 2 aromatic heterocycles. The quantitative estimate of drug-likeness (QED) is 0.815. The summed E-state index contributed by atoms with van der Waals surface area (Å²) in [5.74, 6) is 1.68. The van der Waals surface area contributed by atoms with E-state index in [2.05, 4.69) is 41.7 Å². The Balaban J connectivity index is 2.11. The SMILES string of the molecule is CC(C)(CCCl)CNc1nccc2sccc12. The van der Waals surface area contributed by atoms with Crippen molar-refractivity contribution in [3.63, 3.8) is 0 Å². The fourth-order valence-electron chi connectivity index (χ4n) is 1.70. The van der Waals surface area contributed by atoms with Crippen LogP contribution in [0.5, 0.6) is 0 Å². The molecular weight excluding hydrogens is 252 g/mol. The van der Waals surface area contributed by atoms with Crippen LogP contribution in [-0.2, 0) is 0 Å². The molecule has 0 atom stereocenters. The van der Waals surface area contributed by atoms with Gasteiger partial charge in [0.1, 0.15) is 5.82 Å². The Hall–Kier alpha value is -0.800. The molecule has 0 aliphatic heterocycles. The molecule has 2 rings (SSSR count). The summed E-state index contributed by atoms with van der Waals surface area (Å²) in [6.45, 7) is 5.33.